The number of amidine groups is 1. The molecule has 8 heteroatoms. The summed E-state index contributed by atoms with van der Waals surface area (Å²) in [6.07, 6.45) is 3.51. The molecule has 0 saturated carbocycles. The molecule has 0 radical (unpaired) electrons. The Morgan fingerprint density at radius 3 is 2.42 bits per heavy atom. The molecule has 1 aromatic heterocycles. The topological polar surface area (TPSA) is 79.1 Å². The van der Waals surface area contributed by atoms with Gasteiger partial charge in [-0.15, -0.1) is 8.86 Å². The van der Waals surface area contributed by atoms with Crippen molar-refractivity contribution >= 4 is 26.2 Å². The molecule has 0 bridgehead atoms. The van der Waals surface area contributed by atoms with Crippen LogP contribution in [-0.2, 0) is 11.3 Å². The maximum absolute atomic E-state index is 13.3. The number of hydrogen-bond donors (Lipinski definition) is 3. The second-order valence-electron chi connectivity index (χ2n) is 8.72. The Bertz CT molecular complexity index is 1200. The average molecular weight is 509 g/mol. The summed E-state index contributed by atoms with van der Waals surface area (Å²) >= 11 is 0. The highest BCUT2D eigenvalue weighted by atomic mass is 31.0. The molecule has 2 aromatic carbocycles. The number of benzene rings is 2. The number of nitrogens with one attached hydrogen (secondary N) is 3. The standard InChI is InChI=1S/C28H34FN4O2P/c1-4-5-6-7-16-35-28(34)32-26(30)22-10-8-21(9-11-22)18-31-27(36)25-17-19(2)33(20(25)3)24-14-12-23(29)13-15-24/h8-15,17,31,36H,4-7,16,18H2,1-3H3,(H2,30,32,34). The molecule has 0 aliphatic carbocycles. The van der Waals surface area contributed by atoms with Crippen molar-refractivity contribution in [3.05, 3.63) is 88.5 Å². The molecule has 0 fully saturated rings. The van der Waals surface area contributed by atoms with E-state index in [0.717, 1.165) is 59.3 Å². The Hall–Kier alpha value is -3.28. The molecule has 0 spiro atoms. The van der Waals surface area contributed by atoms with Crippen LogP contribution < -0.4 is 10.6 Å². The van der Waals surface area contributed by atoms with E-state index in [1.54, 1.807) is 24.3 Å². The van der Waals surface area contributed by atoms with E-state index in [1.807, 2.05) is 26.0 Å². The Balaban J connectivity index is 1.53. The third-order valence-corrected chi connectivity index (χ3v) is 6.40. The lowest BCUT2D eigenvalue weighted by Gasteiger charge is -2.12. The van der Waals surface area contributed by atoms with Gasteiger partial charge >= 0.3 is 6.09 Å². The zero-order valence-electron chi connectivity index (χ0n) is 21.1. The Morgan fingerprint density at radius 2 is 1.75 bits per heavy atom. The van der Waals surface area contributed by atoms with Crippen molar-refractivity contribution in [2.24, 2.45) is 0 Å². The number of carbonyl (C=O) groups excluding carboxylic acids is 1. The fourth-order valence-corrected chi connectivity index (χ4v) is 4.32. The van der Waals surface area contributed by atoms with Crippen LogP contribution in [0.2, 0.25) is 0 Å². The third-order valence-electron chi connectivity index (χ3n) is 5.96. The smallest absolute Gasteiger partial charge is 0.412 e. The van der Waals surface area contributed by atoms with Gasteiger partial charge in [0.25, 0.3) is 0 Å². The monoisotopic (exact) mass is 508 g/mol. The fraction of sp³-hybridized carbons (Fsp3) is 0.321. The minimum Gasteiger partial charge on any atom is -0.449 e. The summed E-state index contributed by atoms with van der Waals surface area (Å²) in [4.78, 5) is 11.9. The number of unbranched alkanes of at least 4 members (excludes halogenated alkanes) is 3. The minimum absolute atomic E-state index is 0.00803. The summed E-state index contributed by atoms with van der Waals surface area (Å²) in [6, 6.07) is 16.0. The van der Waals surface area contributed by atoms with Crippen molar-refractivity contribution in [1.82, 2.24) is 15.2 Å². The van der Waals surface area contributed by atoms with Crippen LogP contribution in [-0.4, -0.2) is 28.5 Å². The highest BCUT2D eigenvalue weighted by molar-refractivity contribution is 7.22. The zero-order chi connectivity index (χ0) is 26.1. The first kappa shape index (κ1) is 27.3. The quantitative estimate of drug-likeness (QED) is 0.124. The summed E-state index contributed by atoms with van der Waals surface area (Å²) in [5.41, 5.74) is 6.47. The van der Waals surface area contributed by atoms with Crippen LogP contribution in [0.1, 0.15) is 60.7 Å². The van der Waals surface area contributed by atoms with Crippen molar-refractivity contribution in [2.45, 2.75) is 53.0 Å². The number of aryl methyl sites for hydroxylation is 1. The Labute approximate surface area is 214 Å². The van der Waals surface area contributed by atoms with E-state index in [4.69, 9.17) is 10.1 Å². The van der Waals surface area contributed by atoms with Gasteiger partial charge in [-0.2, -0.15) is 0 Å². The highest BCUT2D eigenvalue weighted by Gasteiger charge is 2.14. The van der Waals surface area contributed by atoms with E-state index in [-0.39, 0.29) is 11.7 Å². The van der Waals surface area contributed by atoms with Crippen LogP contribution in [0.15, 0.2) is 54.6 Å². The lowest BCUT2D eigenvalue weighted by Crippen LogP contribution is -2.31. The molecule has 1 heterocycles. The largest absolute Gasteiger partial charge is 0.449 e. The molecule has 6 nitrogen and oxygen atoms in total. The van der Waals surface area contributed by atoms with E-state index >= 15 is 0 Å². The molecule has 0 aliphatic rings. The number of halogens is 1. The second kappa shape index (κ2) is 13.1. The molecule has 3 rings (SSSR count). The van der Waals surface area contributed by atoms with Gasteiger partial charge in [0.05, 0.1) is 6.61 Å². The van der Waals surface area contributed by atoms with Gasteiger partial charge < -0.3 is 9.30 Å². The van der Waals surface area contributed by atoms with Crippen molar-refractivity contribution in [1.29, 1.82) is 5.41 Å². The Morgan fingerprint density at radius 1 is 1.06 bits per heavy atom. The van der Waals surface area contributed by atoms with E-state index in [0.29, 0.717) is 18.7 Å². The van der Waals surface area contributed by atoms with Crippen molar-refractivity contribution in [2.75, 3.05) is 6.61 Å². The molecule has 1 amide bonds. The van der Waals surface area contributed by atoms with E-state index in [2.05, 4.69) is 37.1 Å². The van der Waals surface area contributed by atoms with Gasteiger partial charge in [-0.05, 0) is 56.2 Å². The summed E-state index contributed by atoms with van der Waals surface area (Å²) in [6.45, 7) is 7.10. The normalized spacial score (nSPS) is 10.8. The second-order valence-corrected chi connectivity index (χ2v) is 9.22. The number of carbonyl (C=O) groups is 1. The number of ether oxygens (including phenoxy) is 1. The van der Waals surface area contributed by atoms with Crippen LogP contribution >= 0.6 is 8.86 Å². The number of alkyl carbamates (subject to hydrolysis) is 1. The molecular weight excluding hydrogens is 474 g/mol. The predicted octanol–water partition coefficient (Wildman–Crippen LogP) is 6.28. The third kappa shape index (κ3) is 7.36. The SMILES string of the molecule is CCCCCCOC(=O)NC(=N)c1ccc(CNC(=P)c2cc(C)n(-c3ccc(F)cc3)c2C)cc1. The Kier molecular flexibility index (Phi) is 9.97. The van der Waals surface area contributed by atoms with Crippen molar-refractivity contribution in [3.8, 4) is 5.69 Å². The van der Waals surface area contributed by atoms with Crippen LogP contribution in [0, 0.1) is 25.1 Å². The summed E-state index contributed by atoms with van der Waals surface area (Å²) in [7, 11) is 3.72. The van der Waals surface area contributed by atoms with Gasteiger partial charge in [0, 0.05) is 40.2 Å². The number of rotatable bonds is 11. The highest BCUT2D eigenvalue weighted by Crippen LogP contribution is 2.22. The van der Waals surface area contributed by atoms with Gasteiger partial charge in [0.15, 0.2) is 0 Å². The van der Waals surface area contributed by atoms with Gasteiger partial charge in [0.1, 0.15) is 11.7 Å². The molecule has 0 saturated heterocycles. The van der Waals surface area contributed by atoms with Crippen LogP contribution in [0.3, 0.4) is 0 Å². The predicted molar refractivity (Wildman–Crippen MR) is 146 cm³/mol. The maximum Gasteiger partial charge on any atom is 0.412 e. The van der Waals surface area contributed by atoms with Crippen molar-refractivity contribution in [3.63, 3.8) is 0 Å². The molecule has 190 valence electrons. The minimum atomic E-state index is -0.598. The van der Waals surface area contributed by atoms with E-state index < -0.39 is 6.09 Å². The van der Waals surface area contributed by atoms with Gasteiger partial charge in [-0.25, -0.2) is 9.18 Å². The van der Waals surface area contributed by atoms with Crippen LogP contribution in [0.25, 0.3) is 5.69 Å². The molecule has 0 unspecified atom stereocenters. The number of aromatic nitrogens is 1. The van der Waals surface area contributed by atoms with Crippen LogP contribution in [0.5, 0.6) is 0 Å². The molecule has 3 N–H and O–H groups in total. The summed E-state index contributed by atoms with van der Waals surface area (Å²) in [5.74, 6) is -0.251. The zero-order valence-corrected chi connectivity index (χ0v) is 22.1. The molecule has 0 aliphatic heterocycles. The lowest BCUT2D eigenvalue weighted by molar-refractivity contribution is 0.149. The average Bonchev–Trinajstić information content (AvgIpc) is 3.17. The molecule has 36 heavy (non-hydrogen) atoms. The lowest BCUT2D eigenvalue weighted by atomic mass is 10.1. The fourth-order valence-electron chi connectivity index (χ4n) is 3.98. The first-order valence-corrected chi connectivity index (χ1v) is 12.7. The first-order valence-electron chi connectivity index (χ1n) is 12.2. The van der Waals surface area contributed by atoms with Crippen molar-refractivity contribution < 1.29 is 13.9 Å². The van der Waals surface area contributed by atoms with Crippen LogP contribution in [0.4, 0.5) is 9.18 Å². The maximum atomic E-state index is 13.3. The number of amides is 1. The molecular formula is C28H34FN4O2P. The molecule has 3 aromatic rings. The molecule has 0 atom stereocenters. The first-order chi connectivity index (χ1) is 17.3. The van der Waals surface area contributed by atoms with Gasteiger partial charge in [-0.1, -0.05) is 50.5 Å². The van der Waals surface area contributed by atoms with E-state index in [9.17, 15) is 9.18 Å². The van der Waals surface area contributed by atoms with E-state index in [1.165, 1.54) is 12.1 Å². The van der Waals surface area contributed by atoms with Gasteiger partial charge in [0.2, 0.25) is 0 Å². The number of hydrogen-bond acceptors (Lipinski definition) is 3. The summed E-state index contributed by atoms with van der Waals surface area (Å²) in [5, 5.41) is 14.0. The summed E-state index contributed by atoms with van der Waals surface area (Å²) < 4.78 is 20.6. The van der Waals surface area contributed by atoms with Gasteiger partial charge in [-0.3, -0.25) is 16.0 Å². The number of nitrogens with zero attached hydrogens (tertiary/aromatic N) is 1.